The zero-order valence-corrected chi connectivity index (χ0v) is 6.54. The van der Waals surface area contributed by atoms with Crippen LogP contribution in [0, 0.1) is 5.41 Å². The average molecular weight is 127 g/mol. The highest BCUT2D eigenvalue weighted by Gasteiger charge is 1.92. The first kappa shape index (κ1) is 8.67. The molecule has 0 rings (SSSR count). The van der Waals surface area contributed by atoms with Crippen LogP contribution in [0.2, 0.25) is 0 Å². The van der Waals surface area contributed by atoms with Gasteiger partial charge in [-0.1, -0.05) is 26.7 Å². The van der Waals surface area contributed by atoms with Crippen LogP contribution in [0.1, 0.15) is 46.0 Å². The minimum atomic E-state index is 0.930. The Hall–Kier alpha value is -0.330. The van der Waals surface area contributed by atoms with Crippen molar-refractivity contribution in [2.45, 2.75) is 46.0 Å². The first-order chi connectivity index (χ1) is 4.31. The monoisotopic (exact) mass is 127 g/mol. The van der Waals surface area contributed by atoms with Crippen LogP contribution in [-0.4, -0.2) is 5.71 Å². The molecular formula is C8H17N. The molecule has 0 heterocycles. The van der Waals surface area contributed by atoms with E-state index in [-0.39, 0.29) is 0 Å². The molecule has 0 saturated heterocycles. The van der Waals surface area contributed by atoms with Crippen LogP contribution in [-0.2, 0) is 0 Å². The molecule has 0 unspecified atom stereocenters. The molecule has 9 heavy (non-hydrogen) atoms. The Labute approximate surface area is 58.0 Å². The van der Waals surface area contributed by atoms with E-state index in [0.29, 0.717) is 0 Å². The second kappa shape index (κ2) is 5.80. The Morgan fingerprint density at radius 3 is 2.22 bits per heavy atom. The van der Waals surface area contributed by atoms with Crippen molar-refractivity contribution in [3.63, 3.8) is 0 Å². The molecule has 0 aliphatic rings. The molecule has 0 aromatic rings. The summed E-state index contributed by atoms with van der Waals surface area (Å²) < 4.78 is 0. The molecule has 0 saturated carbocycles. The summed E-state index contributed by atoms with van der Waals surface area (Å²) in [5.41, 5.74) is 0.930. The molecule has 0 aromatic heterocycles. The highest BCUT2D eigenvalue weighted by Crippen LogP contribution is 2.00. The van der Waals surface area contributed by atoms with Crippen LogP contribution in [0.15, 0.2) is 0 Å². The summed E-state index contributed by atoms with van der Waals surface area (Å²) in [4.78, 5) is 0. The summed E-state index contributed by atoms with van der Waals surface area (Å²) in [7, 11) is 0. The van der Waals surface area contributed by atoms with Crippen molar-refractivity contribution in [1.82, 2.24) is 0 Å². The van der Waals surface area contributed by atoms with E-state index in [1.54, 1.807) is 0 Å². The lowest BCUT2D eigenvalue weighted by molar-refractivity contribution is 0.811. The van der Waals surface area contributed by atoms with E-state index < -0.39 is 0 Å². The van der Waals surface area contributed by atoms with Gasteiger partial charge in [-0.15, -0.1) is 0 Å². The molecule has 0 aliphatic heterocycles. The van der Waals surface area contributed by atoms with Crippen molar-refractivity contribution in [2.24, 2.45) is 0 Å². The predicted octanol–water partition coefficient (Wildman–Crippen LogP) is 3.00. The van der Waals surface area contributed by atoms with Crippen molar-refractivity contribution < 1.29 is 0 Å². The molecule has 0 spiro atoms. The Morgan fingerprint density at radius 2 is 1.78 bits per heavy atom. The van der Waals surface area contributed by atoms with Gasteiger partial charge in [0.2, 0.25) is 0 Å². The lowest BCUT2D eigenvalue weighted by atomic mass is 10.1. The Kier molecular flexibility index (Phi) is 5.59. The van der Waals surface area contributed by atoms with E-state index in [2.05, 4.69) is 13.8 Å². The van der Waals surface area contributed by atoms with E-state index in [0.717, 1.165) is 25.0 Å². The second-order valence-corrected chi connectivity index (χ2v) is 2.46. The molecule has 0 atom stereocenters. The number of unbranched alkanes of at least 4 members (excludes halogenated alkanes) is 1. The molecule has 1 N–H and O–H groups in total. The van der Waals surface area contributed by atoms with E-state index in [4.69, 9.17) is 5.41 Å². The summed E-state index contributed by atoms with van der Waals surface area (Å²) in [5.74, 6) is 0. The smallest absolute Gasteiger partial charge is 0.00890 e. The van der Waals surface area contributed by atoms with Crippen LogP contribution in [0.4, 0.5) is 0 Å². The summed E-state index contributed by atoms with van der Waals surface area (Å²) in [5, 5.41) is 7.39. The summed E-state index contributed by atoms with van der Waals surface area (Å²) in [6.45, 7) is 4.29. The highest BCUT2D eigenvalue weighted by atomic mass is 14.4. The van der Waals surface area contributed by atoms with Gasteiger partial charge in [-0.3, -0.25) is 0 Å². The van der Waals surface area contributed by atoms with Crippen LogP contribution in [0.5, 0.6) is 0 Å². The largest absolute Gasteiger partial charge is 0.310 e. The summed E-state index contributed by atoms with van der Waals surface area (Å²) >= 11 is 0. The lowest BCUT2D eigenvalue weighted by Crippen LogP contribution is -1.93. The molecule has 0 aliphatic carbocycles. The van der Waals surface area contributed by atoms with Gasteiger partial charge in [-0.2, -0.15) is 0 Å². The van der Waals surface area contributed by atoms with Crippen molar-refractivity contribution in [2.75, 3.05) is 0 Å². The van der Waals surface area contributed by atoms with Gasteiger partial charge < -0.3 is 5.41 Å². The fraction of sp³-hybridized carbons (Fsp3) is 0.875. The number of rotatable bonds is 5. The van der Waals surface area contributed by atoms with E-state index in [1.807, 2.05) is 0 Å². The molecule has 1 heteroatoms. The molecule has 0 bridgehead atoms. The standard InChI is InChI=1S/C8H17N/c1-3-5-7-8(9)6-4-2/h9H,3-7H2,1-2H3. The van der Waals surface area contributed by atoms with Gasteiger partial charge >= 0.3 is 0 Å². The first-order valence-electron chi connectivity index (χ1n) is 3.87. The van der Waals surface area contributed by atoms with Gasteiger partial charge in [0.25, 0.3) is 0 Å². The maximum absolute atomic E-state index is 7.39. The van der Waals surface area contributed by atoms with Crippen molar-refractivity contribution in [3.05, 3.63) is 0 Å². The predicted molar refractivity (Wildman–Crippen MR) is 42.2 cm³/mol. The maximum Gasteiger partial charge on any atom is 0.00890 e. The van der Waals surface area contributed by atoms with E-state index in [9.17, 15) is 0 Å². The van der Waals surface area contributed by atoms with Crippen LogP contribution < -0.4 is 0 Å². The Morgan fingerprint density at radius 1 is 1.11 bits per heavy atom. The SMILES string of the molecule is CCCCC(=N)CCC. The number of hydrogen-bond acceptors (Lipinski definition) is 1. The zero-order chi connectivity index (χ0) is 7.11. The van der Waals surface area contributed by atoms with Crippen LogP contribution in [0.25, 0.3) is 0 Å². The van der Waals surface area contributed by atoms with Gasteiger partial charge in [0.1, 0.15) is 0 Å². The maximum atomic E-state index is 7.39. The molecule has 0 fully saturated rings. The Bertz CT molecular complexity index is 76.6. The fourth-order valence-corrected chi connectivity index (χ4v) is 0.817. The minimum Gasteiger partial charge on any atom is -0.310 e. The third-order valence-electron chi connectivity index (χ3n) is 1.38. The normalized spacial score (nSPS) is 9.56. The molecule has 1 nitrogen and oxygen atoms in total. The topological polar surface area (TPSA) is 23.9 Å². The van der Waals surface area contributed by atoms with Crippen LogP contribution >= 0.6 is 0 Å². The van der Waals surface area contributed by atoms with Crippen molar-refractivity contribution >= 4 is 5.71 Å². The van der Waals surface area contributed by atoms with Gasteiger partial charge in [0.15, 0.2) is 0 Å². The van der Waals surface area contributed by atoms with Gasteiger partial charge in [0.05, 0.1) is 0 Å². The third kappa shape index (κ3) is 5.54. The van der Waals surface area contributed by atoms with E-state index in [1.165, 1.54) is 12.8 Å². The van der Waals surface area contributed by atoms with Gasteiger partial charge in [-0.05, 0) is 19.3 Å². The lowest BCUT2D eigenvalue weighted by Gasteiger charge is -1.97. The van der Waals surface area contributed by atoms with Crippen molar-refractivity contribution in [1.29, 1.82) is 5.41 Å². The Balaban J connectivity index is 3.06. The van der Waals surface area contributed by atoms with Gasteiger partial charge in [-0.25, -0.2) is 0 Å². The quantitative estimate of drug-likeness (QED) is 0.549. The molecule has 0 radical (unpaired) electrons. The number of nitrogens with one attached hydrogen (secondary N) is 1. The fourth-order valence-electron chi connectivity index (χ4n) is 0.817. The molecule has 0 amide bonds. The summed E-state index contributed by atoms with van der Waals surface area (Å²) in [6, 6.07) is 0. The number of hydrogen-bond donors (Lipinski definition) is 1. The minimum absolute atomic E-state index is 0.930. The van der Waals surface area contributed by atoms with E-state index >= 15 is 0 Å². The van der Waals surface area contributed by atoms with Crippen LogP contribution in [0.3, 0.4) is 0 Å². The average Bonchev–Trinajstić information content (AvgIpc) is 1.85. The second-order valence-electron chi connectivity index (χ2n) is 2.46. The van der Waals surface area contributed by atoms with Crippen molar-refractivity contribution in [3.8, 4) is 0 Å². The third-order valence-corrected chi connectivity index (χ3v) is 1.38. The van der Waals surface area contributed by atoms with Gasteiger partial charge in [0, 0.05) is 5.71 Å². The molecular weight excluding hydrogens is 110 g/mol. The summed E-state index contributed by atoms with van der Waals surface area (Å²) in [6.07, 6.45) is 5.55. The molecule has 0 aromatic carbocycles. The molecule has 54 valence electrons. The first-order valence-corrected chi connectivity index (χ1v) is 3.87. The zero-order valence-electron chi connectivity index (χ0n) is 6.54. The highest BCUT2D eigenvalue weighted by molar-refractivity contribution is 5.81.